The van der Waals surface area contributed by atoms with Crippen LogP contribution in [0.15, 0.2) is 34.9 Å². The Morgan fingerprint density at radius 3 is 2.86 bits per heavy atom. The van der Waals surface area contributed by atoms with Gasteiger partial charge in [0.25, 0.3) is 0 Å². The number of aromatic nitrogens is 1. The van der Waals surface area contributed by atoms with Gasteiger partial charge in [-0.3, -0.25) is 4.90 Å². The van der Waals surface area contributed by atoms with Gasteiger partial charge in [-0.25, -0.2) is 4.98 Å². The lowest BCUT2D eigenvalue weighted by Gasteiger charge is -2.11. The normalized spacial score (nSPS) is 18.1. The number of likely N-dealkylation sites (tertiary alicyclic amines) is 1. The molecule has 21 heavy (non-hydrogen) atoms. The van der Waals surface area contributed by atoms with E-state index in [1.54, 1.807) is 6.20 Å². The largest absolute Gasteiger partial charge is 0.439 e. The van der Waals surface area contributed by atoms with Crippen LogP contribution in [0.2, 0.25) is 5.02 Å². The van der Waals surface area contributed by atoms with Crippen LogP contribution in [0.25, 0.3) is 11.3 Å². The number of hydrogen-bond donors (Lipinski definition) is 1. The van der Waals surface area contributed by atoms with Crippen LogP contribution in [0.4, 0.5) is 0 Å². The highest BCUT2D eigenvalue weighted by atomic mass is 35.5. The van der Waals surface area contributed by atoms with Gasteiger partial charge in [-0.2, -0.15) is 0 Å². The maximum atomic E-state index is 5.97. The van der Waals surface area contributed by atoms with Crippen molar-refractivity contribution in [2.24, 2.45) is 5.73 Å². The van der Waals surface area contributed by atoms with Crippen LogP contribution >= 0.6 is 36.4 Å². The second kappa shape index (κ2) is 8.01. The molecule has 4 nitrogen and oxygen atoms in total. The average molecular weight is 351 g/mol. The SMILES string of the molecule is Cl.Cl.N[C@@H]1CCN(Cc2ncc(-c3cccc(Cl)c3)o2)C1. The van der Waals surface area contributed by atoms with Gasteiger partial charge in [-0.1, -0.05) is 23.7 Å². The highest BCUT2D eigenvalue weighted by Gasteiger charge is 2.20. The van der Waals surface area contributed by atoms with Crippen LogP contribution in [0.3, 0.4) is 0 Å². The number of rotatable bonds is 3. The maximum absolute atomic E-state index is 5.97. The molecule has 0 unspecified atom stereocenters. The van der Waals surface area contributed by atoms with Crippen molar-refractivity contribution in [1.82, 2.24) is 9.88 Å². The molecule has 0 saturated carbocycles. The zero-order chi connectivity index (χ0) is 13.2. The Labute approximate surface area is 141 Å². The molecular formula is C14H18Cl3N3O. The molecular weight excluding hydrogens is 333 g/mol. The summed E-state index contributed by atoms with van der Waals surface area (Å²) < 4.78 is 5.77. The van der Waals surface area contributed by atoms with Gasteiger partial charge in [0.05, 0.1) is 12.7 Å². The molecule has 2 aromatic rings. The monoisotopic (exact) mass is 349 g/mol. The Hall–Kier alpha value is -0.780. The van der Waals surface area contributed by atoms with Crippen molar-refractivity contribution in [1.29, 1.82) is 0 Å². The second-order valence-corrected chi connectivity index (χ2v) is 5.35. The minimum absolute atomic E-state index is 0. The van der Waals surface area contributed by atoms with Crippen molar-refractivity contribution >= 4 is 36.4 Å². The Kier molecular flexibility index (Phi) is 6.97. The number of nitrogens with zero attached hydrogens (tertiary/aromatic N) is 2. The summed E-state index contributed by atoms with van der Waals surface area (Å²) >= 11 is 5.97. The molecule has 3 rings (SSSR count). The summed E-state index contributed by atoms with van der Waals surface area (Å²) in [5, 5.41) is 0.695. The minimum Gasteiger partial charge on any atom is -0.439 e. The molecule has 2 heterocycles. The topological polar surface area (TPSA) is 55.3 Å². The van der Waals surface area contributed by atoms with Crippen LogP contribution in [0, 0.1) is 0 Å². The summed E-state index contributed by atoms with van der Waals surface area (Å²) in [6, 6.07) is 7.86. The van der Waals surface area contributed by atoms with Gasteiger partial charge in [-0.05, 0) is 18.6 Å². The van der Waals surface area contributed by atoms with Crippen molar-refractivity contribution in [2.45, 2.75) is 19.0 Å². The summed E-state index contributed by atoms with van der Waals surface area (Å²) in [4.78, 5) is 6.58. The third-order valence-electron chi connectivity index (χ3n) is 3.33. The van der Waals surface area contributed by atoms with Crippen LogP contribution in [-0.4, -0.2) is 29.0 Å². The Morgan fingerprint density at radius 1 is 1.38 bits per heavy atom. The van der Waals surface area contributed by atoms with E-state index in [2.05, 4.69) is 9.88 Å². The molecule has 1 aliphatic heterocycles. The van der Waals surface area contributed by atoms with Gasteiger partial charge >= 0.3 is 0 Å². The van der Waals surface area contributed by atoms with Gasteiger partial charge in [0, 0.05) is 29.7 Å². The smallest absolute Gasteiger partial charge is 0.209 e. The van der Waals surface area contributed by atoms with Crippen LogP contribution < -0.4 is 5.73 Å². The zero-order valence-corrected chi connectivity index (χ0v) is 13.8. The lowest BCUT2D eigenvalue weighted by Crippen LogP contribution is -2.26. The molecule has 1 saturated heterocycles. The highest BCUT2D eigenvalue weighted by Crippen LogP contribution is 2.24. The molecule has 0 amide bonds. The van der Waals surface area contributed by atoms with Gasteiger partial charge in [0.1, 0.15) is 0 Å². The summed E-state index contributed by atoms with van der Waals surface area (Å²) in [6.07, 6.45) is 2.79. The van der Waals surface area contributed by atoms with E-state index in [1.165, 1.54) is 0 Å². The molecule has 7 heteroatoms. The van der Waals surface area contributed by atoms with Gasteiger partial charge in [-0.15, -0.1) is 24.8 Å². The van der Waals surface area contributed by atoms with Crippen LogP contribution in [0.1, 0.15) is 12.3 Å². The molecule has 0 spiro atoms. The van der Waals surface area contributed by atoms with E-state index in [-0.39, 0.29) is 30.9 Å². The fourth-order valence-corrected chi connectivity index (χ4v) is 2.55. The summed E-state index contributed by atoms with van der Waals surface area (Å²) in [7, 11) is 0. The molecule has 1 fully saturated rings. The van der Waals surface area contributed by atoms with E-state index < -0.39 is 0 Å². The first kappa shape index (κ1) is 18.3. The summed E-state index contributed by atoms with van der Waals surface area (Å²) in [5.41, 5.74) is 6.83. The fourth-order valence-electron chi connectivity index (χ4n) is 2.36. The maximum Gasteiger partial charge on any atom is 0.209 e. The number of nitrogens with two attached hydrogens (primary N) is 1. The number of hydrogen-bond acceptors (Lipinski definition) is 4. The molecule has 116 valence electrons. The highest BCUT2D eigenvalue weighted by molar-refractivity contribution is 6.30. The third-order valence-corrected chi connectivity index (χ3v) is 3.57. The third kappa shape index (κ3) is 4.59. The molecule has 1 aromatic carbocycles. The van der Waals surface area contributed by atoms with E-state index in [4.69, 9.17) is 21.8 Å². The molecule has 1 atom stereocenters. The van der Waals surface area contributed by atoms with E-state index >= 15 is 0 Å². The van der Waals surface area contributed by atoms with Crippen molar-refractivity contribution < 1.29 is 4.42 Å². The summed E-state index contributed by atoms with van der Waals surface area (Å²) in [6.45, 7) is 2.64. The van der Waals surface area contributed by atoms with Gasteiger partial charge in [0.2, 0.25) is 5.89 Å². The minimum atomic E-state index is 0. The number of benzene rings is 1. The van der Waals surface area contributed by atoms with Gasteiger partial charge in [0.15, 0.2) is 5.76 Å². The van der Waals surface area contributed by atoms with E-state index in [9.17, 15) is 0 Å². The Balaban J connectivity index is 0.00000110. The Bertz CT molecular complexity index is 576. The van der Waals surface area contributed by atoms with Crippen LogP contribution in [-0.2, 0) is 6.54 Å². The standard InChI is InChI=1S/C14H16ClN3O.2ClH/c15-11-3-1-2-10(6-11)13-7-17-14(19-13)9-18-5-4-12(16)8-18;;/h1-3,6-7,12H,4-5,8-9,16H2;2*1H/t12-;;/m1../s1. The Morgan fingerprint density at radius 2 is 2.19 bits per heavy atom. The summed E-state index contributed by atoms with van der Waals surface area (Å²) in [5.74, 6) is 1.48. The van der Waals surface area contributed by atoms with Crippen LogP contribution in [0.5, 0.6) is 0 Å². The second-order valence-electron chi connectivity index (χ2n) is 4.91. The lowest BCUT2D eigenvalue weighted by molar-refractivity contribution is 0.289. The predicted molar refractivity (Wildman–Crippen MR) is 89.3 cm³/mol. The first-order valence-electron chi connectivity index (χ1n) is 6.39. The van der Waals surface area contributed by atoms with Gasteiger partial charge < -0.3 is 10.2 Å². The molecule has 0 aliphatic carbocycles. The van der Waals surface area contributed by atoms with Crippen molar-refractivity contribution in [2.75, 3.05) is 13.1 Å². The first-order chi connectivity index (χ1) is 9.20. The number of halogens is 3. The molecule has 1 aliphatic rings. The quantitative estimate of drug-likeness (QED) is 0.922. The van der Waals surface area contributed by atoms with Crippen molar-refractivity contribution in [3.8, 4) is 11.3 Å². The van der Waals surface area contributed by atoms with E-state index in [0.29, 0.717) is 11.6 Å². The molecule has 0 radical (unpaired) electrons. The zero-order valence-electron chi connectivity index (χ0n) is 11.4. The van der Waals surface area contributed by atoms with Crippen molar-refractivity contribution in [3.63, 3.8) is 0 Å². The number of oxazole rings is 1. The predicted octanol–water partition coefficient (Wildman–Crippen LogP) is 3.37. The molecule has 1 aromatic heterocycles. The van der Waals surface area contributed by atoms with E-state index in [1.807, 2.05) is 24.3 Å². The first-order valence-corrected chi connectivity index (χ1v) is 6.77. The molecule has 2 N–H and O–H groups in total. The average Bonchev–Trinajstić information content (AvgIpc) is 2.99. The molecule has 0 bridgehead atoms. The van der Waals surface area contributed by atoms with E-state index in [0.717, 1.165) is 36.7 Å². The fraction of sp³-hybridized carbons (Fsp3) is 0.357. The van der Waals surface area contributed by atoms with Crippen molar-refractivity contribution in [3.05, 3.63) is 41.4 Å². The lowest BCUT2D eigenvalue weighted by atomic mass is 10.2.